The Hall–Kier alpha value is -0.770. The van der Waals surface area contributed by atoms with E-state index in [9.17, 15) is 0 Å². The summed E-state index contributed by atoms with van der Waals surface area (Å²) in [6, 6.07) is 3.16. The number of hydrogen-bond donors (Lipinski definition) is 1. The molecule has 3 nitrogen and oxygen atoms in total. The molecule has 0 aliphatic carbocycles. The van der Waals surface area contributed by atoms with Crippen molar-refractivity contribution in [3.63, 3.8) is 0 Å². The largest absolute Gasteiger partial charge is 0.354 e. The summed E-state index contributed by atoms with van der Waals surface area (Å²) in [5.41, 5.74) is 6.92. The topological polar surface area (TPSA) is 52.0 Å². The molecule has 5 heteroatoms. The smallest absolute Gasteiger partial charge is 0.185 e. The summed E-state index contributed by atoms with van der Waals surface area (Å²) in [6.45, 7) is 1.83. The maximum absolute atomic E-state index is 5.92. The van der Waals surface area contributed by atoms with Gasteiger partial charge in [-0.05, 0) is 19.1 Å². The summed E-state index contributed by atoms with van der Waals surface area (Å²) >= 11 is 11.8. The van der Waals surface area contributed by atoms with Gasteiger partial charge in [0.05, 0.1) is 5.02 Å². The van der Waals surface area contributed by atoms with Crippen LogP contribution in [0.15, 0.2) is 16.7 Å². The molecule has 0 saturated heterocycles. The maximum atomic E-state index is 5.92. The lowest BCUT2D eigenvalue weighted by Gasteiger charge is -1.99. The van der Waals surface area contributed by atoms with Crippen LogP contribution in [0.25, 0.3) is 11.0 Å². The van der Waals surface area contributed by atoms with E-state index >= 15 is 0 Å². The highest BCUT2D eigenvalue weighted by Crippen LogP contribution is 2.31. The molecule has 0 aliphatic heterocycles. The van der Waals surface area contributed by atoms with Crippen LogP contribution >= 0.6 is 23.2 Å². The Balaban J connectivity index is 2.78. The Morgan fingerprint density at radius 3 is 2.79 bits per heavy atom. The third-order valence-corrected chi connectivity index (χ3v) is 2.45. The molecule has 1 heterocycles. The van der Waals surface area contributed by atoms with Gasteiger partial charge in [0.1, 0.15) is 5.69 Å². The van der Waals surface area contributed by atoms with Crippen LogP contribution in [-0.4, -0.2) is 5.16 Å². The van der Waals surface area contributed by atoms with Crippen LogP contribution in [0.3, 0.4) is 0 Å². The van der Waals surface area contributed by atoms with E-state index < -0.39 is 0 Å². The predicted molar refractivity (Wildman–Crippen MR) is 56.6 cm³/mol. The molecule has 0 radical (unpaired) electrons. The summed E-state index contributed by atoms with van der Waals surface area (Å²) in [4.78, 5) is 0. The minimum absolute atomic E-state index is 0.203. The zero-order chi connectivity index (χ0) is 10.3. The van der Waals surface area contributed by atoms with Crippen LogP contribution in [0.5, 0.6) is 0 Å². The lowest BCUT2D eigenvalue weighted by Crippen LogP contribution is -2.05. The minimum Gasteiger partial charge on any atom is -0.354 e. The Bertz CT molecular complexity index is 479. The summed E-state index contributed by atoms with van der Waals surface area (Å²) in [5.74, 6) is 0. The molecule has 0 amide bonds. The standard InChI is InChI=1S/C9H8Cl2N2O/c1-4(12)8-6-2-5(10)3-7(11)9(6)14-13-8/h2-4H,12H2,1H3. The molecular weight excluding hydrogens is 223 g/mol. The number of benzene rings is 1. The van der Waals surface area contributed by atoms with Crippen molar-refractivity contribution in [2.45, 2.75) is 13.0 Å². The van der Waals surface area contributed by atoms with E-state index in [4.69, 9.17) is 33.5 Å². The third-order valence-electron chi connectivity index (χ3n) is 1.95. The summed E-state index contributed by atoms with van der Waals surface area (Å²) in [5, 5.41) is 5.63. The summed E-state index contributed by atoms with van der Waals surface area (Å²) in [6.07, 6.45) is 0. The first-order chi connectivity index (χ1) is 6.59. The van der Waals surface area contributed by atoms with E-state index in [1.54, 1.807) is 12.1 Å². The van der Waals surface area contributed by atoms with Crippen molar-refractivity contribution < 1.29 is 4.52 Å². The third kappa shape index (κ3) is 1.47. The van der Waals surface area contributed by atoms with Crippen molar-refractivity contribution in [1.82, 2.24) is 5.16 Å². The van der Waals surface area contributed by atoms with Gasteiger partial charge in [-0.15, -0.1) is 0 Å². The fourth-order valence-electron chi connectivity index (χ4n) is 1.32. The SMILES string of the molecule is CC(N)c1noc2c(Cl)cc(Cl)cc12. The Labute approximate surface area is 90.8 Å². The van der Waals surface area contributed by atoms with Gasteiger partial charge in [-0.25, -0.2) is 0 Å². The van der Waals surface area contributed by atoms with Gasteiger partial charge in [-0.2, -0.15) is 0 Å². The molecule has 2 N–H and O–H groups in total. The molecule has 0 aliphatic rings. The van der Waals surface area contributed by atoms with Crippen molar-refractivity contribution in [2.75, 3.05) is 0 Å². The van der Waals surface area contributed by atoms with E-state index in [0.29, 0.717) is 21.3 Å². The first-order valence-corrected chi connectivity index (χ1v) is 4.85. The van der Waals surface area contributed by atoms with Gasteiger partial charge in [0, 0.05) is 16.5 Å². The Kier molecular flexibility index (Phi) is 2.39. The monoisotopic (exact) mass is 230 g/mol. The molecule has 14 heavy (non-hydrogen) atoms. The van der Waals surface area contributed by atoms with Crippen molar-refractivity contribution in [2.24, 2.45) is 5.73 Å². The normalized spacial score (nSPS) is 13.4. The van der Waals surface area contributed by atoms with Crippen LogP contribution in [0.4, 0.5) is 0 Å². The predicted octanol–water partition coefficient (Wildman–Crippen LogP) is 3.15. The van der Waals surface area contributed by atoms with Gasteiger partial charge in [0.2, 0.25) is 0 Å². The second-order valence-electron chi connectivity index (χ2n) is 3.12. The highest BCUT2D eigenvalue weighted by atomic mass is 35.5. The molecule has 0 bridgehead atoms. The number of fused-ring (bicyclic) bond motifs is 1. The molecule has 0 fully saturated rings. The average Bonchev–Trinajstić information content (AvgIpc) is 2.47. The number of nitrogens with zero attached hydrogens (tertiary/aromatic N) is 1. The van der Waals surface area contributed by atoms with E-state index in [0.717, 1.165) is 5.39 Å². The summed E-state index contributed by atoms with van der Waals surface area (Å²) < 4.78 is 5.08. The summed E-state index contributed by atoms with van der Waals surface area (Å²) in [7, 11) is 0. The van der Waals surface area contributed by atoms with Crippen LogP contribution in [0, 0.1) is 0 Å². The molecule has 0 spiro atoms. The zero-order valence-corrected chi connectivity index (χ0v) is 8.93. The van der Waals surface area contributed by atoms with Gasteiger partial charge >= 0.3 is 0 Å². The van der Waals surface area contributed by atoms with Crippen LogP contribution in [-0.2, 0) is 0 Å². The van der Waals surface area contributed by atoms with E-state index in [1.807, 2.05) is 6.92 Å². The fourth-order valence-corrected chi connectivity index (χ4v) is 1.84. The average molecular weight is 231 g/mol. The first kappa shape index (κ1) is 9.77. The number of aromatic nitrogens is 1. The first-order valence-electron chi connectivity index (χ1n) is 4.09. The molecule has 2 aromatic rings. The Morgan fingerprint density at radius 1 is 1.43 bits per heavy atom. The lowest BCUT2D eigenvalue weighted by molar-refractivity contribution is 0.440. The lowest BCUT2D eigenvalue weighted by atomic mass is 10.1. The van der Waals surface area contributed by atoms with E-state index in [-0.39, 0.29) is 6.04 Å². The van der Waals surface area contributed by atoms with Gasteiger partial charge in [-0.1, -0.05) is 28.4 Å². The van der Waals surface area contributed by atoms with Crippen molar-refractivity contribution in [3.05, 3.63) is 27.9 Å². The molecular formula is C9H8Cl2N2O. The molecule has 1 aromatic heterocycles. The van der Waals surface area contributed by atoms with Gasteiger partial charge < -0.3 is 10.3 Å². The number of hydrogen-bond acceptors (Lipinski definition) is 3. The van der Waals surface area contributed by atoms with Crippen LogP contribution < -0.4 is 5.73 Å². The Morgan fingerprint density at radius 2 is 2.14 bits per heavy atom. The molecule has 0 saturated carbocycles. The molecule has 1 atom stereocenters. The van der Waals surface area contributed by atoms with Gasteiger partial charge in [-0.3, -0.25) is 0 Å². The van der Waals surface area contributed by atoms with E-state index in [1.165, 1.54) is 0 Å². The second kappa shape index (κ2) is 3.42. The van der Waals surface area contributed by atoms with Crippen molar-refractivity contribution >= 4 is 34.2 Å². The molecule has 1 aromatic carbocycles. The molecule has 74 valence electrons. The zero-order valence-electron chi connectivity index (χ0n) is 7.42. The van der Waals surface area contributed by atoms with Crippen LogP contribution in [0.2, 0.25) is 10.0 Å². The van der Waals surface area contributed by atoms with Crippen LogP contribution in [0.1, 0.15) is 18.7 Å². The molecule has 2 rings (SSSR count). The molecule has 1 unspecified atom stereocenters. The highest BCUT2D eigenvalue weighted by molar-refractivity contribution is 6.38. The number of nitrogens with two attached hydrogens (primary N) is 1. The second-order valence-corrected chi connectivity index (χ2v) is 3.96. The van der Waals surface area contributed by atoms with Gasteiger partial charge in [0.15, 0.2) is 5.58 Å². The van der Waals surface area contributed by atoms with E-state index in [2.05, 4.69) is 5.16 Å². The van der Waals surface area contributed by atoms with Crippen molar-refractivity contribution in [1.29, 1.82) is 0 Å². The number of rotatable bonds is 1. The fraction of sp³-hybridized carbons (Fsp3) is 0.222. The maximum Gasteiger partial charge on any atom is 0.185 e. The highest BCUT2D eigenvalue weighted by Gasteiger charge is 2.14. The van der Waals surface area contributed by atoms with Gasteiger partial charge in [0.25, 0.3) is 0 Å². The number of halogens is 2. The quantitative estimate of drug-likeness (QED) is 0.819. The minimum atomic E-state index is -0.203. The van der Waals surface area contributed by atoms with Crippen molar-refractivity contribution in [3.8, 4) is 0 Å².